The van der Waals surface area contributed by atoms with Crippen LogP contribution in [0.3, 0.4) is 0 Å². The van der Waals surface area contributed by atoms with Crippen molar-refractivity contribution in [1.29, 1.82) is 0 Å². The molecule has 2 aromatic carbocycles. The number of hydrogen-bond acceptors (Lipinski definition) is 4. The minimum absolute atomic E-state index is 0.0951. The second-order valence-electron chi connectivity index (χ2n) is 7.36. The summed E-state index contributed by atoms with van der Waals surface area (Å²) >= 11 is 0. The van der Waals surface area contributed by atoms with Gasteiger partial charge in [0.2, 0.25) is 0 Å². The van der Waals surface area contributed by atoms with E-state index in [9.17, 15) is 22.8 Å². The van der Waals surface area contributed by atoms with Crippen LogP contribution in [0.25, 0.3) is 16.9 Å². The number of benzene rings is 2. The van der Waals surface area contributed by atoms with Crippen molar-refractivity contribution in [1.82, 2.24) is 19.7 Å². The summed E-state index contributed by atoms with van der Waals surface area (Å²) in [6.07, 6.45) is -3.25. The van der Waals surface area contributed by atoms with Gasteiger partial charge in [-0.3, -0.25) is 14.0 Å². The summed E-state index contributed by atoms with van der Waals surface area (Å²) in [5.41, 5.74) is 6.07. The zero-order chi connectivity index (χ0) is 23.8. The number of nitrogens with two attached hydrogens (primary N) is 1. The van der Waals surface area contributed by atoms with Crippen LogP contribution in [0.2, 0.25) is 0 Å². The topological polar surface area (TPSA) is 102 Å². The van der Waals surface area contributed by atoms with Gasteiger partial charge in [0, 0.05) is 5.56 Å². The molecular formula is C23H18F3N5O2. The fourth-order valence-electron chi connectivity index (χ4n) is 3.41. The van der Waals surface area contributed by atoms with E-state index in [1.807, 2.05) is 6.07 Å². The standard InChI is InChI=1S/C23H18F3N5O2/c1-13(15-8-5-9-16(10-15)23(24,25)26)29-22(33)18-11-17(14-6-3-2-4-7-14)30-21-19(20(27)32)28-12-31(18)21/h2-13H,1H3,(H2,27,32)(H,29,33)/t13-/m0/s1. The van der Waals surface area contributed by atoms with Crippen molar-refractivity contribution < 1.29 is 22.8 Å². The fourth-order valence-corrected chi connectivity index (χ4v) is 3.41. The summed E-state index contributed by atoms with van der Waals surface area (Å²) in [5.74, 6) is -1.39. The number of nitrogens with one attached hydrogen (secondary N) is 1. The van der Waals surface area contributed by atoms with Crippen molar-refractivity contribution >= 4 is 17.5 Å². The smallest absolute Gasteiger partial charge is 0.364 e. The van der Waals surface area contributed by atoms with Gasteiger partial charge in [-0.2, -0.15) is 13.2 Å². The minimum atomic E-state index is -4.50. The third kappa shape index (κ3) is 4.40. The maximum absolute atomic E-state index is 13.2. The van der Waals surface area contributed by atoms with Gasteiger partial charge in [0.1, 0.15) is 12.0 Å². The van der Waals surface area contributed by atoms with Crippen LogP contribution in [0.1, 0.15) is 45.1 Å². The Kier molecular flexibility index (Phi) is 5.59. The third-order valence-electron chi connectivity index (χ3n) is 5.10. The summed E-state index contributed by atoms with van der Waals surface area (Å²) in [6, 6.07) is 14.5. The van der Waals surface area contributed by atoms with E-state index in [4.69, 9.17) is 5.73 Å². The zero-order valence-corrected chi connectivity index (χ0v) is 17.3. The molecule has 2 heterocycles. The van der Waals surface area contributed by atoms with Crippen LogP contribution in [0, 0.1) is 0 Å². The lowest BCUT2D eigenvalue weighted by Gasteiger charge is -2.17. The Morgan fingerprint density at radius 2 is 1.79 bits per heavy atom. The van der Waals surface area contributed by atoms with E-state index in [1.54, 1.807) is 31.2 Å². The molecule has 33 heavy (non-hydrogen) atoms. The van der Waals surface area contributed by atoms with Crippen LogP contribution >= 0.6 is 0 Å². The Hall–Kier alpha value is -4.21. The highest BCUT2D eigenvalue weighted by molar-refractivity contribution is 5.99. The van der Waals surface area contributed by atoms with Crippen LogP contribution < -0.4 is 11.1 Å². The number of imidazole rings is 1. The largest absolute Gasteiger partial charge is 0.416 e. The van der Waals surface area contributed by atoms with Crippen molar-refractivity contribution in [2.24, 2.45) is 5.73 Å². The summed E-state index contributed by atoms with van der Waals surface area (Å²) in [4.78, 5) is 33.4. The molecule has 0 bridgehead atoms. The summed E-state index contributed by atoms with van der Waals surface area (Å²) < 4.78 is 40.5. The van der Waals surface area contributed by atoms with Crippen molar-refractivity contribution in [3.63, 3.8) is 0 Å². The maximum Gasteiger partial charge on any atom is 0.416 e. The van der Waals surface area contributed by atoms with E-state index in [2.05, 4.69) is 15.3 Å². The van der Waals surface area contributed by atoms with Crippen LogP contribution in [0.15, 0.2) is 67.0 Å². The van der Waals surface area contributed by atoms with Gasteiger partial charge in [-0.1, -0.05) is 42.5 Å². The van der Waals surface area contributed by atoms with Crippen LogP contribution in [-0.2, 0) is 6.18 Å². The number of rotatable bonds is 5. The lowest BCUT2D eigenvalue weighted by Crippen LogP contribution is -2.28. The van der Waals surface area contributed by atoms with Crippen molar-refractivity contribution in [2.45, 2.75) is 19.1 Å². The number of hydrogen-bond donors (Lipinski definition) is 2. The molecule has 1 atom stereocenters. The van der Waals surface area contributed by atoms with E-state index >= 15 is 0 Å². The van der Waals surface area contributed by atoms with Crippen LogP contribution in [0.4, 0.5) is 13.2 Å². The number of halogens is 3. The molecule has 0 saturated heterocycles. The Balaban J connectivity index is 1.74. The van der Waals surface area contributed by atoms with Gasteiger partial charge in [0.15, 0.2) is 11.3 Å². The number of alkyl halides is 3. The molecule has 0 aliphatic heterocycles. The monoisotopic (exact) mass is 453 g/mol. The van der Waals surface area contributed by atoms with Gasteiger partial charge in [0.25, 0.3) is 11.8 Å². The first-order valence-corrected chi connectivity index (χ1v) is 9.86. The first-order valence-electron chi connectivity index (χ1n) is 9.86. The molecule has 2 aromatic heterocycles. The van der Waals surface area contributed by atoms with E-state index in [0.29, 0.717) is 11.3 Å². The molecule has 10 heteroatoms. The molecule has 0 unspecified atom stereocenters. The second kappa shape index (κ2) is 8.38. The number of fused-ring (bicyclic) bond motifs is 1. The average Bonchev–Trinajstić information content (AvgIpc) is 3.23. The normalized spacial score (nSPS) is 12.5. The number of carbonyl (C=O) groups is 2. The molecule has 0 radical (unpaired) electrons. The Morgan fingerprint density at radius 1 is 1.06 bits per heavy atom. The molecule has 0 aliphatic carbocycles. The van der Waals surface area contributed by atoms with Crippen molar-refractivity contribution in [3.05, 3.63) is 89.5 Å². The molecule has 3 N–H and O–H groups in total. The zero-order valence-electron chi connectivity index (χ0n) is 17.3. The average molecular weight is 453 g/mol. The molecule has 0 saturated carbocycles. The van der Waals surface area contributed by atoms with Gasteiger partial charge in [-0.25, -0.2) is 9.97 Å². The molecule has 7 nitrogen and oxygen atoms in total. The van der Waals surface area contributed by atoms with Gasteiger partial charge in [-0.05, 0) is 30.7 Å². The van der Waals surface area contributed by atoms with Crippen molar-refractivity contribution in [2.75, 3.05) is 0 Å². The summed E-state index contributed by atoms with van der Waals surface area (Å²) in [7, 11) is 0. The van der Waals surface area contributed by atoms with Gasteiger partial charge in [-0.15, -0.1) is 0 Å². The summed E-state index contributed by atoms with van der Waals surface area (Å²) in [5, 5.41) is 2.70. The highest BCUT2D eigenvalue weighted by Gasteiger charge is 2.31. The van der Waals surface area contributed by atoms with Gasteiger partial charge in [0.05, 0.1) is 17.3 Å². The highest BCUT2D eigenvalue weighted by Crippen LogP contribution is 2.31. The first kappa shape index (κ1) is 22.0. The molecule has 0 aliphatic rings. The number of carbonyl (C=O) groups excluding carboxylic acids is 2. The molecule has 0 fully saturated rings. The van der Waals surface area contributed by atoms with E-state index in [-0.39, 0.29) is 22.6 Å². The number of primary amides is 1. The lowest BCUT2D eigenvalue weighted by molar-refractivity contribution is -0.137. The van der Waals surface area contributed by atoms with E-state index < -0.39 is 29.6 Å². The van der Waals surface area contributed by atoms with Gasteiger partial charge >= 0.3 is 6.18 Å². The van der Waals surface area contributed by atoms with Crippen LogP contribution in [-0.4, -0.2) is 26.2 Å². The quantitative estimate of drug-likeness (QED) is 0.477. The van der Waals surface area contributed by atoms with Crippen LogP contribution in [0.5, 0.6) is 0 Å². The molecule has 4 aromatic rings. The molecule has 2 amide bonds. The molecule has 168 valence electrons. The minimum Gasteiger partial charge on any atom is -0.364 e. The predicted octanol–water partition coefficient (Wildman–Crippen LogP) is 4.01. The van der Waals surface area contributed by atoms with Gasteiger partial charge < -0.3 is 11.1 Å². The SMILES string of the molecule is C[C@H](NC(=O)c1cc(-c2ccccc2)nc2c(C(N)=O)ncn12)c1cccc(C(F)(F)F)c1. The maximum atomic E-state index is 13.2. The Bertz CT molecular complexity index is 1350. The number of nitrogens with zero attached hydrogens (tertiary/aromatic N) is 3. The molecule has 0 spiro atoms. The predicted molar refractivity (Wildman–Crippen MR) is 114 cm³/mol. The number of aromatic nitrogens is 3. The number of amides is 2. The van der Waals surface area contributed by atoms with Crippen molar-refractivity contribution in [3.8, 4) is 11.3 Å². The fraction of sp³-hybridized carbons (Fsp3) is 0.130. The van der Waals surface area contributed by atoms with E-state index in [0.717, 1.165) is 12.1 Å². The first-order chi connectivity index (χ1) is 15.6. The molecular weight excluding hydrogens is 435 g/mol. The van der Waals surface area contributed by atoms with E-state index in [1.165, 1.54) is 28.9 Å². The highest BCUT2D eigenvalue weighted by atomic mass is 19.4. The second-order valence-corrected chi connectivity index (χ2v) is 7.36. The third-order valence-corrected chi connectivity index (χ3v) is 5.10. The Morgan fingerprint density at radius 3 is 2.45 bits per heavy atom. The lowest BCUT2D eigenvalue weighted by atomic mass is 10.0. The Labute approximate surface area is 186 Å². The summed E-state index contributed by atoms with van der Waals surface area (Å²) in [6.45, 7) is 1.58. The molecule has 4 rings (SSSR count).